The maximum Gasteiger partial charge on any atom is 0.252 e. The molecule has 1 unspecified atom stereocenters. The smallest absolute Gasteiger partial charge is 0.252 e. The molecule has 2 amide bonds. The van der Waals surface area contributed by atoms with E-state index in [9.17, 15) is 9.59 Å². The third kappa shape index (κ3) is 6.88. The number of nitrogens with one attached hydrogen (secondary N) is 1. The molecule has 0 saturated carbocycles. The maximum absolute atomic E-state index is 13.1. The summed E-state index contributed by atoms with van der Waals surface area (Å²) >= 11 is 1.41. The Kier molecular flexibility index (Phi) is 9.45. The lowest BCUT2D eigenvalue weighted by Gasteiger charge is -2.18. The van der Waals surface area contributed by atoms with Crippen LogP contribution >= 0.6 is 11.8 Å². The quantitative estimate of drug-likeness (QED) is 0.395. The van der Waals surface area contributed by atoms with E-state index in [1.165, 1.54) is 11.8 Å². The summed E-state index contributed by atoms with van der Waals surface area (Å²) in [4.78, 5) is 28.2. The molecule has 1 atom stereocenters. The molecule has 1 aliphatic heterocycles. The minimum absolute atomic E-state index is 0.126. The summed E-state index contributed by atoms with van der Waals surface area (Å²) < 4.78 is 16.2. The Morgan fingerprint density at radius 1 is 1.06 bits per heavy atom. The van der Waals surface area contributed by atoms with E-state index in [0.717, 1.165) is 36.4 Å². The largest absolute Gasteiger partial charge is 0.493 e. The lowest BCUT2D eigenvalue weighted by atomic mass is 10.1. The van der Waals surface area contributed by atoms with Gasteiger partial charge < -0.3 is 24.4 Å². The molecular formula is C25H32N2O5S. The zero-order valence-electron chi connectivity index (χ0n) is 19.5. The van der Waals surface area contributed by atoms with Crippen LogP contribution in [-0.2, 0) is 9.53 Å². The van der Waals surface area contributed by atoms with Gasteiger partial charge in [0.2, 0.25) is 5.91 Å². The molecule has 8 heteroatoms. The molecule has 2 aromatic carbocycles. The number of thioether (sulfide) groups is 1. The van der Waals surface area contributed by atoms with Crippen molar-refractivity contribution in [3.05, 3.63) is 53.6 Å². The van der Waals surface area contributed by atoms with Crippen molar-refractivity contribution in [2.24, 2.45) is 0 Å². The molecule has 3 rings (SSSR count). The molecule has 1 fully saturated rings. The molecular weight excluding hydrogens is 440 g/mol. The summed E-state index contributed by atoms with van der Waals surface area (Å²) in [5, 5.41) is 3.05. The fraction of sp³-hybridized carbons (Fsp3) is 0.440. The first-order chi connectivity index (χ1) is 16.0. The lowest BCUT2D eigenvalue weighted by Crippen LogP contribution is -2.29. The first-order valence-corrected chi connectivity index (χ1v) is 12.1. The van der Waals surface area contributed by atoms with Gasteiger partial charge in [-0.2, -0.15) is 0 Å². The van der Waals surface area contributed by atoms with Gasteiger partial charge in [-0.05, 0) is 49.6 Å². The van der Waals surface area contributed by atoms with Gasteiger partial charge in [0.25, 0.3) is 5.91 Å². The second kappa shape index (κ2) is 12.5. The third-order valence-electron chi connectivity index (χ3n) is 5.52. The first kappa shape index (κ1) is 24.9. The Balaban J connectivity index is 1.64. The van der Waals surface area contributed by atoms with Crippen LogP contribution in [0, 0.1) is 0 Å². The van der Waals surface area contributed by atoms with E-state index < -0.39 is 0 Å². The second-order valence-electron chi connectivity index (χ2n) is 7.82. The number of amides is 2. The van der Waals surface area contributed by atoms with Crippen molar-refractivity contribution in [1.29, 1.82) is 0 Å². The number of hydrogen-bond acceptors (Lipinski definition) is 6. The fourth-order valence-corrected chi connectivity index (χ4v) is 4.60. The van der Waals surface area contributed by atoms with Crippen LogP contribution < -0.4 is 14.8 Å². The van der Waals surface area contributed by atoms with Gasteiger partial charge in [-0.1, -0.05) is 18.2 Å². The molecule has 0 aromatic heterocycles. The number of likely N-dealkylation sites (tertiary alicyclic amines) is 1. The van der Waals surface area contributed by atoms with Crippen LogP contribution in [0.25, 0.3) is 0 Å². The molecule has 1 heterocycles. The summed E-state index contributed by atoms with van der Waals surface area (Å²) in [6.07, 6.45) is 2.14. The van der Waals surface area contributed by atoms with Gasteiger partial charge in [0, 0.05) is 25.1 Å². The van der Waals surface area contributed by atoms with Crippen LogP contribution in [0.2, 0.25) is 0 Å². The number of benzene rings is 2. The summed E-state index contributed by atoms with van der Waals surface area (Å²) in [5.74, 6) is 1.50. The van der Waals surface area contributed by atoms with Gasteiger partial charge in [-0.3, -0.25) is 9.59 Å². The number of carbonyl (C=O) groups excluding carboxylic acids is 2. The van der Waals surface area contributed by atoms with Crippen LogP contribution in [0.5, 0.6) is 11.5 Å². The Hall–Kier alpha value is -2.71. The van der Waals surface area contributed by atoms with Crippen molar-refractivity contribution in [3.63, 3.8) is 0 Å². The van der Waals surface area contributed by atoms with E-state index in [2.05, 4.69) is 5.32 Å². The highest BCUT2D eigenvalue weighted by Crippen LogP contribution is 2.31. The number of carbonyl (C=O) groups is 2. The van der Waals surface area contributed by atoms with Crippen molar-refractivity contribution in [2.45, 2.75) is 30.7 Å². The normalized spacial score (nSPS) is 14.1. The number of hydrogen-bond donors (Lipinski definition) is 1. The van der Waals surface area contributed by atoms with E-state index in [1.54, 1.807) is 20.3 Å². The Bertz CT molecular complexity index is 946. The summed E-state index contributed by atoms with van der Waals surface area (Å²) in [5.41, 5.74) is 1.46. The van der Waals surface area contributed by atoms with E-state index >= 15 is 0 Å². The van der Waals surface area contributed by atoms with Gasteiger partial charge in [0.1, 0.15) is 6.61 Å². The Morgan fingerprint density at radius 2 is 1.82 bits per heavy atom. The minimum atomic E-state index is -0.247. The average molecular weight is 473 g/mol. The van der Waals surface area contributed by atoms with E-state index in [-0.39, 0.29) is 17.9 Å². The van der Waals surface area contributed by atoms with Crippen LogP contribution in [0.4, 0.5) is 0 Å². The highest BCUT2D eigenvalue weighted by Gasteiger charge is 2.20. The van der Waals surface area contributed by atoms with Crippen LogP contribution in [0.15, 0.2) is 47.4 Å². The molecule has 1 N–H and O–H groups in total. The lowest BCUT2D eigenvalue weighted by molar-refractivity contribution is -0.127. The molecule has 33 heavy (non-hydrogen) atoms. The van der Waals surface area contributed by atoms with Gasteiger partial charge >= 0.3 is 0 Å². The van der Waals surface area contributed by atoms with Crippen molar-refractivity contribution in [3.8, 4) is 11.5 Å². The first-order valence-electron chi connectivity index (χ1n) is 11.1. The van der Waals surface area contributed by atoms with E-state index in [0.29, 0.717) is 36.0 Å². The number of ether oxygens (including phenoxy) is 3. The van der Waals surface area contributed by atoms with Crippen molar-refractivity contribution < 1.29 is 23.8 Å². The molecule has 1 saturated heterocycles. The minimum Gasteiger partial charge on any atom is -0.493 e. The summed E-state index contributed by atoms with van der Waals surface area (Å²) in [6.45, 7) is 4.49. The maximum atomic E-state index is 13.1. The van der Waals surface area contributed by atoms with Gasteiger partial charge in [-0.15, -0.1) is 11.8 Å². The summed E-state index contributed by atoms with van der Waals surface area (Å²) in [7, 11) is 3.21. The van der Waals surface area contributed by atoms with Crippen LogP contribution in [-0.4, -0.2) is 63.0 Å². The number of methoxy groups -OCH3 is 2. The third-order valence-corrected chi connectivity index (χ3v) is 6.58. The average Bonchev–Trinajstić information content (AvgIpc) is 3.38. The van der Waals surface area contributed by atoms with Crippen molar-refractivity contribution in [2.75, 3.05) is 46.3 Å². The van der Waals surface area contributed by atoms with Gasteiger partial charge in [0.15, 0.2) is 11.5 Å². The molecule has 7 nitrogen and oxygen atoms in total. The predicted octanol–water partition coefficient (Wildman–Crippen LogP) is 3.93. The molecule has 1 aliphatic rings. The zero-order chi connectivity index (χ0) is 23.6. The molecule has 0 aliphatic carbocycles. The predicted molar refractivity (Wildman–Crippen MR) is 129 cm³/mol. The highest BCUT2D eigenvalue weighted by atomic mass is 32.2. The Morgan fingerprint density at radius 3 is 2.55 bits per heavy atom. The van der Waals surface area contributed by atoms with Crippen molar-refractivity contribution >= 4 is 23.6 Å². The molecule has 0 spiro atoms. The van der Waals surface area contributed by atoms with E-state index in [4.69, 9.17) is 14.2 Å². The molecule has 2 aromatic rings. The number of rotatable bonds is 11. The standard InChI is InChI=1S/C25H32N2O5S/c1-18(19-10-11-21(22(16-19)31-3)32-15-14-30-2)26-25(29)20-8-4-5-9-23(20)33-17-24(28)27-12-6-7-13-27/h4-5,8-11,16,18H,6-7,12-15,17H2,1-3H3,(H,26,29). The van der Waals surface area contributed by atoms with E-state index in [1.807, 2.05) is 48.2 Å². The molecule has 0 bridgehead atoms. The van der Waals surface area contributed by atoms with Gasteiger partial charge in [0.05, 0.1) is 31.1 Å². The topological polar surface area (TPSA) is 77.1 Å². The van der Waals surface area contributed by atoms with Crippen molar-refractivity contribution in [1.82, 2.24) is 10.2 Å². The SMILES string of the molecule is COCCOc1ccc(C(C)NC(=O)c2ccccc2SCC(=O)N2CCCC2)cc1OC. The number of nitrogens with zero attached hydrogens (tertiary/aromatic N) is 1. The summed E-state index contributed by atoms with van der Waals surface area (Å²) in [6, 6.07) is 12.8. The second-order valence-corrected chi connectivity index (χ2v) is 8.84. The van der Waals surface area contributed by atoms with Crippen LogP contribution in [0.3, 0.4) is 0 Å². The fourth-order valence-electron chi connectivity index (χ4n) is 3.64. The zero-order valence-corrected chi connectivity index (χ0v) is 20.3. The highest BCUT2D eigenvalue weighted by molar-refractivity contribution is 8.00. The van der Waals surface area contributed by atoms with Gasteiger partial charge in [-0.25, -0.2) is 0 Å². The monoisotopic (exact) mass is 472 g/mol. The molecule has 178 valence electrons. The van der Waals surface area contributed by atoms with Crippen LogP contribution in [0.1, 0.15) is 41.7 Å². The Labute approximate surface area is 199 Å². The molecule has 0 radical (unpaired) electrons.